The molecule has 2 rings (SSSR count). The first-order chi connectivity index (χ1) is 9.10. The summed E-state index contributed by atoms with van der Waals surface area (Å²) in [7, 11) is -5.86. The molecule has 1 aromatic heterocycles. The summed E-state index contributed by atoms with van der Waals surface area (Å²) in [6, 6.07) is 4.27. The van der Waals surface area contributed by atoms with Gasteiger partial charge in [0, 0.05) is 23.2 Å². The molecule has 0 atom stereocenters. The van der Waals surface area contributed by atoms with E-state index in [0.29, 0.717) is 11.8 Å². The van der Waals surface area contributed by atoms with Crippen molar-refractivity contribution in [1.29, 1.82) is 0 Å². The molecule has 0 saturated carbocycles. The standard InChI is InChI=1S/C11H7F4NO3S/c1-6-2-3-8-9(16-6)4-7(12)5-10(8)19-20(17,18)11(13,14)15/h2-5H,1H3. The van der Waals surface area contributed by atoms with E-state index in [2.05, 4.69) is 9.17 Å². The third-order valence-corrected chi connectivity index (χ3v) is 3.32. The molecule has 0 fully saturated rings. The average molecular weight is 309 g/mol. The highest BCUT2D eigenvalue weighted by atomic mass is 32.2. The van der Waals surface area contributed by atoms with Crippen molar-refractivity contribution in [3.05, 3.63) is 35.8 Å². The number of halogens is 4. The second kappa shape index (κ2) is 4.58. The largest absolute Gasteiger partial charge is 0.534 e. The van der Waals surface area contributed by atoms with Crippen molar-refractivity contribution in [2.45, 2.75) is 12.4 Å². The molecule has 1 heterocycles. The Morgan fingerprint density at radius 3 is 2.45 bits per heavy atom. The molecule has 20 heavy (non-hydrogen) atoms. The van der Waals surface area contributed by atoms with E-state index in [1.807, 2.05) is 0 Å². The number of fused-ring (bicyclic) bond motifs is 1. The van der Waals surface area contributed by atoms with E-state index < -0.39 is 27.2 Å². The highest BCUT2D eigenvalue weighted by molar-refractivity contribution is 7.88. The molecular weight excluding hydrogens is 302 g/mol. The molecule has 0 spiro atoms. The first-order valence-corrected chi connectivity index (χ1v) is 6.59. The van der Waals surface area contributed by atoms with Crippen molar-refractivity contribution < 1.29 is 30.2 Å². The third-order valence-electron chi connectivity index (χ3n) is 2.36. The highest BCUT2D eigenvalue weighted by Crippen LogP contribution is 2.32. The lowest BCUT2D eigenvalue weighted by atomic mass is 10.2. The molecule has 9 heteroatoms. The molecule has 0 radical (unpaired) electrons. The minimum Gasteiger partial charge on any atom is -0.375 e. The molecule has 0 amide bonds. The number of benzene rings is 1. The van der Waals surface area contributed by atoms with Crippen molar-refractivity contribution in [3.8, 4) is 5.75 Å². The lowest BCUT2D eigenvalue weighted by Crippen LogP contribution is -2.28. The normalized spacial score (nSPS) is 12.7. The second-order valence-electron chi connectivity index (χ2n) is 3.91. The number of hydrogen-bond acceptors (Lipinski definition) is 4. The van der Waals surface area contributed by atoms with Crippen LogP contribution in [0.1, 0.15) is 5.69 Å². The van der Waals surface area contributed by atoms with Crippen LogP contribution in [0.4, 0.5) is 17.6 Å². The number of rotatable bonds is 2. The number of alkyl halides is 3. The maximum Gasteiger partial charge on any atom is 0.534 e. The monoisotopic (exact) mass is 309 g/mol. The zero-order chi connectivity index (χ0) is 15.1. The highest BCUT2D eigenvalue weighted by Gasteiger charge is 2.48. The predicted molar refractivity (Wildman–Crippen MR) is 62.0 cm³/mol. The summed E-state index contributed by atoms with van der Waals surface area (Å²) in [5, 5.41) is -0.0372. The molecule has 0 unspecified atom stereocenters. The Bertz CT molecular complexity index is 766. The van der Waals surface area contributed by atoms with Gasteiger partial charge in [0.1, 0.15) is 5.82 Å². The van der Waals surface area contributed by atoms with E-state index in [1.54, 1.807) is 6.92 Å². The van der Waals surface area contributed by atoms with Gasteiger partial charge >= 0.3 is 15.6 Å². The van der Waals surface area contributed by atoms with Crippen molar-refractivity contribution in [3.63, 3.8) is 0 Å². The number of hydrogen-bond donors (Lipinski definition) is 0. The number of aryl methyl sites for hydroxylation is 1. The van der Waals surface area contributed by atoms with Crippen LogP contribution in [0.2, 0.25) is 0 Å². The van der Waals surface area contributed by atoms with Gasteiger partial charge in [0.15, 0.2) is 5.75 Å². The molecule has 2 aromatic rings. The van der Waals surface area contributed by atoms with Gasteiger partial charge in [-0.05, 0) is 19.1 Å². The quantitative estimate of drug-likeness (QED) is 0.486. The predicted octanol–water partition coefficient (Wildman–Crippen LogP) is 2.91. The Morgan fingerprint density at radius 1 is 1.20 bits per heavy atom. The summed E-state index contributed by atoms with van der Waals surface area (Å²) < 4.78 is 76.0. The van der Waals surface area contributed by atoms with Crippen LogP contribution < -0.4 is 4.18 Å². The van der Waals surface area contributed by atoms with Crippen LogP contribution in [-0.2, 0) is 10.1 Å². The van der Waals surface area contributed by atoms with Crippen LogP contribution in [0.3, 0.4) is 0 Å². The fraction of sp³-hybridized carbons (Fsp3) is 0.182. The molecule has 108 valence electrons. The molecule has 0 aliphatic rings. The van der Waals surface area contributed by atoms with Gasteiger partial charge in [-0.3, -0.25) is 4.98 Å². The summed E-state index contributed by atoms with van der Waals surface area (Å²) in [6.07, 6.45) is 0. The molecule has 0 bridgehead atoms. The van der Waals surface area contributed by atoms with Crippen LogP contribution in [0.15, 0.2) is 24.3 Å². The van der Waals surface area contributed by atoms with E-state index in [9.17, 15) is 26.0 Å². The first kappa shape index (κ1) is 14.5. The maximum atomic E-state index is 13.3. The van der Waals surface area contributed by atoms with Crippen LogP contribution in [-0.4, -0.2) is 18.9 Å². The zero-order valence-electron chi connectivity index (χ0n) is 9.90. The maximum absolute atomic E-state index is 13.3. The van der Waals surface area contributed by atoms with Crippen LogP contribution >= 0.6 is 0 Å². The van der Waals surface area contributed by atoms with E-state index in [0.717, 1.165) is 6.07 Å². The molecule has 0 aliphatic heterocycles. The molecule has 1 aromatic carbocycles. The Labute approximate surface area is 111 Å². The van der Waals surface area contributed by atoms with Crippen LogP contribution in [0, 0.1) is 12.7 Å². The van der Waals surface area contributed by atoms with Gasteiger partial charge in [-0.2, -0.15) is 21.6 Å². The lowest BCUT2D eigenvalue weighted by molar-refractivity contribution is -0.0499. The third kappa shape index (κ3) is 2.67. The van der Waals surface area contributed by atoms with Gasteiger partial charge in [0.2, 0.25) is 0 Å². The van der Waals surface area contributed by atoms with Crippen molar-refractivity contribution >= 4 is 21.0 Å². The van der Waals surface area contributed by atoms with Crippen molar-refractivity contribution in [2.75, 3.05) is 0 Å². The SMILES string of the molecule is Cc1ccc2c(OS(=O)(=O)C(F)(F)F)cc(F)cc2n1. The molecular formula is C11H7F4NO3S. The van der Waals surface area contributed by atoms with Crippen molar-refractivity contribution in [1.82, 2.24) is 4.98 Å². The number of pyridine rings is 1. The Hall–Kier alpha value is -1.90. The zero-order valence-corrected chi connectivity index (χ0v) is 10.7. The first-order valence-electron chi connectivity index (χ1n) is 5.18. The fourth-order valence-corrected chi connectivity index (χ4v) is 1.97. The summed E-state index contributed by atoms with van der Waals surface area (Å²) >= 11 is 0. The summed E-state index contributed by atoms with van der Waals surface area (Å²) in [4.78, 5) is 3.89. The van der Waals surface area contributed by atoms with Crippen LogP contribution in [0.25, 0.3) is 10.9 Å². The second-order valence-corrected chi connectivity index (χ2v) is 5.44. The summed E-state index contributed by atoms with van der Waals surface area (Å²) in [5.41, 5.74) is -5.10. The van der Waals surface area contributed by atoms with E-state index >= 15 is 0 Å². The fourth-order valence-electron chi connectivity index (χ4n) is 1.50. The van der Waals surface area contributed by atoms with Gasteiger partial charge in [0.25, 0.3) is 0 Å². The smallest absolute Gasteiger partial charge is 0.375 e. The number of nitrogens with zero attached hydrogens (tertiary/aromatic N) is 1. The van der Waals surface area contributed by atoms with Crippen LogP contribution in [0.5, 0.6) is 5.75 Å². The minimum atomic E-state index is -5.86. The molecule has 0 N–H and O–H groups in total. The van der Waals surface area contributed by atoms with Crippen molar-refractivity contribution in [2.24, 2.45) is 0 Å². The minimum absolute atomic E-state index is 0.00243. The van der Waals surface area contributed by atoms with Gasteiger partial charge in [-0.15, -0.1) is 0 Å². The van der Waals surface area contributed by atoms with E-state index in [4.69, 9.17) is 0 Å². The van der Waals surface area contributed by atoms with Gasteiger partial charge < -0.3 is 4.18 Å². The Balaban J connectivity index is 2.61. The molecule has 0 saturated heterocycles. The van der Waals surface area contributed by atoms with E-state index in [1.165, 1.54) is 12.1 Å². The molecule has 4 nitrogen and oxygen atoms in total. The number of aromatic nitrogens is 1. The molecule has 0 aliphatic carbocycles. The summed E-state index contributed by atoms with van der Waals surface area (Å²) in [5.74, 6) is -1.72. The average Bonchev–Trinajstić information content (AvgIpc) is 2.25. The Kier molecular flexibility index (Phi) is 3.32. The lowest BCUT2D eigenvalue weighted by Gasteiger charge is -2.11. The Morgan fingerprint density at radius 2 is 1.85 bits per heavy atom. The van der Waals surface area contributed by atoms with Gasteiger partial charge in [-0.25, -0.2) is 4.39 Å². The van der Waals surface area contributed by atoms with Gasteiger partial charge in [0.05, 0.1) is 5.52 Å². The topological polar surface area (TPSA) is 56.3 Å². The summed E-state index contributed by atoms with van der Waals surface area (Å²) in [6.45, 7) is 1.59. The van der Waals surface area contributed by atoms with E-state index in [-0.39, 0.29) is 10.9 Å². The van der Waals surface area contributed by atoms with Gasteiger partial charge in [-0.1, -0.05) is 0 Å².